The maximum atomic E-state index is 3.20. The predicted octanol–water partition coefficient (Wildman–Crippen LogP) is 5.75. The molecule has 1 atom stereocenters. The van der Waals surface area contributed by atoms with Gasteiger partial charge >= 0.3 is 0 Å². The van der Waals surface area contributed by atoms with Crippen LogP contribution in [-0.2, 0) is 0 Å². The molecule has 0 saturated heterocycles. The number of hydrogen-bond donors (Lipinski definition) is 0. The van der Waals surface area contributed by atoms with E-state index in [0.29, 0.717) is 5.92 Å². The molecule has 0 bridgehead atoms. The molecule has 0 aliphatic heterocycles. The Morgan fingerprint density at radius 2 is 1.83 bits per heavy atom. The van der Waals surface area contributed by atoms with E-state index in [2.05, 4.69) is 44.8 Å². The molecule has 0 nitrogen and oxygen atoms in total. The zero-order chi connectivity index (χ0) is 12.7. The van der Waals surface area contributed by atoms with Gasteiger partial charge in [0.25, 0.3) is 0 Å². The molecule has 0 radical (unpaired) electrons. The van der Waals surface area contributed by atoms with Gasteiger partial charge in [0, 0.05) is 5.57 Å². The summed E-state index contributed by atoms with van der Waals surface area (Å²) < 4.78 is 0. The summed E-state index contributed by atoms with van der Waals surface area (Å²) in [4.78, 5) is 0. The molecule has 1 unspecified atom stereocenters. The number of rotatable bonds is 5. The van der Waals surface area contributed by atoms with Gasteiger partial charge in [0.15, 0.2) is 0 Å². The molecule has 1 aliphatic rings. The van der Waals surface area contributed by atoms with Crippen LogP contribution < -0.4 is 0 Å². The van der Waals surface area contributed by atoms with E-state index in [-0.39, 0.29) is 7.43 Å². The molecule has 1 rings (SSSR count). The van der Waals surface area contributed by atoms with Gasteiger partial charge in [-0.1, -0.05) is 64.7 Å². The van der Waals surface area contributed by atoms with Gasteiger partial charge in [0.2, 0.25) is 0 Å². The van der Waals surface area contributed by atoms with Crippen LogP contribution in [0.2, 0.25) is 0 Å². The van der Waals surface area contributed by atoms with Crippen molar-refractivity contribution >= 4 is 0 Å². The van der Waals surface area contributed by atoms with Crippen LogP contribution in [0.15, 0.2) is 23.3 Å². The SMILES string of the molecule is C.CC#CC1=CC=C(C(CCC)CCC)C(C)C1. The first-order valence-corrected chi connectivity index (χ1v) is 7.06. The molecule has 0 fully saturated rings. The standard InChI is InChI=1S/C17H26.CH4/c1-5-8-15-11-12-17(14(4)13-15)16(9-6-2)10-7-3;/h11-12,14,16H,6-7,9-10,13H2,1-4H3;1H4. The number of hydrogen-bond acceptors (Lipinski definition) is 0. The van der Waals surface area contributed by atoms with E-state index in [4.69, 9.17) is 0 Å². The topological polar surface area (TPSA) is 0 Å². The van der Waals surface area contributed by atoms with Crippen LogP contribution in [0.25, 0.3) is 0 Å². The van der Waals surface area contributed by atoms with Crippen molar-refractivity contribution in [1.29, 1.82) is 0 Å². The third kappa shape index (κ3) is 4.73. The average molecular weight is 246 g/mol. The summed E-state index contributed by atoms with van der Waals surface area (Å²) in [7, 11) is 0. The zero-order valence-corrected chi connectivity index (χ0v) is 11.8. The van der Waals surface area contributed by atoms with E-state index in [1.165, 1.54) is 31.3 Å². The smallest absolute Gasteiger partial charge is 0.00260 e. The van der Waals surface area contributed by atoms with Crippen LogP contribution in [0.3, 0.4) is 0 Å². The first-order chi connectivity index (χ1) is 8.22. The molecule has 0 amide bonds. The lowest BCUT2D eigenvalue weighted by Gasteiger charge is -2.27. The summed E-state index contributed by atoms with van der Waals surface area (Å²) >= 11 is 0. The highest BCUT2D eigenvalue weighted by molar-refractivity contribution is 5.38. The second-order valence-corrected chi connectivity index (χ2v) is 5.11. The molecular formula is C18H30. The van der Waals surface area contributed by atoms with Gasteiger partial charge < -0.3 is 0 Å². The fourth-order valence-electron chi connectivity index (χ4n) is 2.84. The molecule has 0 aromatic rings. The Morgan fingerprint density at radius 3 is 2.28 bits per heavy atom. The Balaban J connectivity index is 0.00000289. The van der Waals surface area contributed by atoms with Gasteiger partial charge in [-0.15, -0.1) is 5.92 Å². The van der Waals surface area contributed by atoms with E-state index in [1.54, 1.807) is 5.57 Å². The Kier molecular flexibility index (Phi) is 8.55. The molecule has 102 valence electrons. The van der Waals surface area contributed by atoms with E-state index < -0.39 is 0 Å². The van der Waals surface area contributed by atoms with Gasteiger partial charge in [-0.2, -0.15) is 0 Å². The van der Waals surface area contributed by atoms with E-state index >= 15 is 0 Å². The second-order valence-electron chi connectivity index (χ2n) is 5.11. The van der Waals surface area contributed by atoms with Crippen molar-refractivity contribution in [3.05, 3.63) is 23.3 Å². The molecule has 0 N–H and O–H groups in total. The lowest BCUT2D eigenvalue weighted by Crippen LogP contribution is -2.14. The van der Waals surface area contributed by atoms with Crippen molar-refractivity contribution in [2.24, 2.45) is 11.8 Å². The summed E-state index contributed by atoms with van der Waals surface area (Å²) in [5.41, 5.74) is 2.96. The largest absolute Gasteiger partial charge is 0.102 e. The third-order valence-electron chi connectivity index (χ3n) is 3.60. The summed E-state index contributed by atoms with van der Waals surface area (Å²) in [5, 5.41) is 0. The minimum Gasteiger partial charge on any atom is -0.102 e. The van der Waals surface area contributed by atoms with Crippen LogP contribution in [-0.4, -0.2) is 0 Å². The van der Waals surface area contributed by atoms with Crippen LogP contribution in [0.1, 0.15) is 67.2 Å². The maximum Gasteiger partial charge on any atom is 0.00260 e. The predicted molar refractivity (Wildman–Crippen MR) is 83.4 cm³/mol. The number of allylic oxidation sites excluding steroid dienone is 4. The Labute approximate surface area is 115 Å². The monoisotopic (exact) mass is 246 g/mol. The van der Waals surface area contributed by atoms with Gasteiger partial charge in [-0.3, -0.25) is 0 Å². The van der Waals surface area contributed by atoms with Crippen molar-refractivity contribution in [2.75, 3.05) is 0 Å². The summed E-state index contributed by atoms with van der Waals surface area (Å²) in [5.74, 6) is 7.69. The fourth-order valence-corrected chi connectivity index (χ4v) is 2.84. The fraction of sp³-hybridized carbons (Fsp3) is 0.667. The first kappa shape index (κ1) is 17.0. The van der Waals surface area contributed by atoms with Crippen LogP contribution in [0, 0.1) is 23.7 Å². The highest BCUT2D eigenvalue weighted by Gasteiger charge is 2.21. The maximum absolute atomic E-state index is 3.20. The highest BCUT2D eigenvalue weighted by atomic mass is 14.3. The summed E-state index contributed by atoms with van der Waals surface area (Å²) in [6.45, 7) is 8.86. The van der Waals surface area contributed by atoms with E-state index in [0.717, 1.165) is 12.3 Å². The van der Waals surface area contributed by atoms with Crippen molar-refractivity contribution in [1.82, 2.24) is 0 Å². The van der Waals surface area contributed by atoms with Gasteiger partial charge in [0.05, 0.1) is 0 Å². The van der Waals surface area contributed by atoms with E-state index in [1.807, 2.05) is 6.92 Å². The molecule has 0 spiro atoms. The molecular weight excluding hydrogens is 216 g/mol. The molecule has 1 aliphatic carbocycles. The van der Waals surface area contributed by atoms with E-state index in [9.17, 15) is 0 Å². The Morgan fingerprint density at radius 1 is 1.22 bits per heavy atom. The third-order valence-corrected chi connectivity index (χ3v) is 3.60. The van der Waals surface area contributed by atoms with Gasteiger partial charge in [-0.25, -0.2) is 0 Å². The second kappa shape index (κ2) is 9.03. The molecule has 0 aromatic carbocycles. The lowest BCUT2D eigenvalue weighted by atomic mass is 9.78. The normalized spacial score (nSPS) is 18.4. The summed E-state index contributed by atoms with van der Waals surface area (Å²) in [6, 6.07) is 0. The van der Waals surface area contributed by atoms with Crippen LogP contribution in [0.5, 0.6) is 0 Å². The van der Waals surface area contributed by atoms with Gasteiger partial charge in [-0.05, 0) is 38.0 Å². The van der Waals surface area contributed by atoms with Crippen molar-refractivity contribution in [3.8, 4) is 11.8 Å². The van der Waals surface area contributed by atoms with Crippen LogP contribution >= 0.6 is 0 Å². The molecule has 18 heavy (non-hydrogen) atoms. The van der Waals surface area contributed by atoms with Gasteiger partial charge in [0.1, 0.15) is 0 Å². The van der Waals surface area contributed by atoms with Crippen molar-refractivity contribution in [3.63, 3.8) is 0 Å². The quantitative estimate of drug-likeness (QED) is 0.541. The Hall–Kier alpha value is -0.960. The molecule has 0 saturated carbocycles. The van der Waals surface area contributed by atoms with Crippen molar-refractivity contribution in [2.45, 2.75) is 67.2 Å². The lowest BCUT2D eigenvalue weighted by molar-refractivity contribution is 0.449. The summed E-state index contributed by atoms with van der Waals surface area (Å²) in [6.07, 6.45) is 11.0. The van der Waals surface area contributed by atoms with Crippen LogP contribution in [0.4, 0.5) is 0 Å². The molecule has 0 heteroatoms. The molecule has 0 heterocycles. The zero-order valence-electron chi connectivity index (χ0n) is 11.8. The average Bonchev–Trinajstić information content (AvgIpc) is 2.29. The highest BCUT2D eigenvalue weighted by Crippen LogP contribution is 2.34. The first-order valence-electron chi connectivity index (χ1n) is 7.06. The minimum absolute atomic E-state index is 0. The minimum atomic E-state index is 0. The van der Waals surface area contributed by atoms with Crippen molar-refractivity contribution < 1.29 is 0 Å². The molecule has 0 aromatic heterocycles. The Bertz CT molecular complexity index is 340.